The van der Waals surface area contributed by atoms with Gasteiger partial charge in [0.1, 0.15) is 11.9 Å². The first-order valence-corrected chi connectivity index (χ1v) is 7.09. The zero-order valence-corrected chi connectivity index (χ0v) is 12.4. The van der Waals surface area contributed by atoms with Gasteiger partial charge in [-0.05, 0) is 49.1 Å². The molecule has 0 saturated heterocycles. The molecule has 0 radical (unpaired) electrons. The summed E-state index contributed by atoms with van der Waals surface area (Å²) in [5.74, 6) is 0.814. The smallest absolute Gasteiger partial charge is 0.119 e. The van der Waals surface area contributed by atoms with Crippen LogP contribution in [0.15, 0.2) is 42.5 Å². The SMILES string of the molecule is CCCOc1cccc(C(O)c2cc(C)ccc2C)c1. The van der Waals surface area contributed by atoms with E-state index in [0.29, 0.717) is 6.61 Å². The first-order valence-electron chi connectivity index (χ1n) is 7.09. The molecule has 2 aromatic rings. The van der Waals surface area contributed by atoms with Gasteiger partial charge in [-0.2, -0.15) is 0 Å². The Hall–Kier alpha value is -1.80. The number of benzene rings is 2. The van der Waals surface area contributed by atoms with E-state index >= 15 is 0 Å². The van der Waals surface area contributed by atoms with Gasteiger partial charge in [-0.1, -0.05) is 42.8 Å². The lowest BCUT2D eigenvalue weighted by molar-refractivity contribution is 0.218. The van der Waals surface area contributed by atoms with Crippen LogP contribution in [0.2, 0.25) is 0 Å². The fourth-order valence-corrected chi connectivity index (χ4v) is 2.23. The van der Waals surface area contributed by atoms with Gasteiger partial charge in [0.25, 0.3) is 0 Å². The highest BCUT2D eigenvalue weighted by molar-refractivity contribution is 5.40. The summed E-state index contributed by atoms with van der Waals surface area (Å²) in [7, 11) is 0. The Bertz CT molecular complexity index is 575. The summed E-state index contributed by atoms with van der Waals surface area (Å²) in [5.41, 5.74) is 4.08. The summed E-state index contributed by atoms with van der Waals surface area (Å²) in [6.07, 6.45) is 0.365. The van der Waals surface area contributed by atoms with E-state index in [4.69, 9.17) is 4.74 Å². The molecular formula is C18H22O2. The Morgan fingerprint density at radius 1 is 1.10 bits per heavy atom. The van der Waals surface area contributed by atoms with Gasteiger partial charge in [0.2, 0.25) is 0 Å². The molecule has 0 heterocycles. The number of aliphatic hydroxyl groups is 1. The van der Waals surface area contributed by atoms with Crippen LogP contribution in [0.5, 0.6) is 5.75 Å². The van der Waals surface area contributed by atoms with Crippen LogP contribution in [-0.2, 0) is 0 Å². The minimum absolute atomic E-state index is 0.611. The van der Waals surface area contributed by atoms with E-state index < -0.39 is 6.10 Å². The molecule has 0 fully saturated rings. The van der Waals surface area contributed by atoms with Gasteiger partial charge in [0.15, 0.2) is 0 Å². The van der Waals surface area contributed by atoms with Crippen molar-refractivity contribution in [2.24, 2.45) is 0 Å². The number of hydrogen-bond acceptors (Lipinski definition) is 2. The largest absolute Gasteiger partial charge is 0.494 e. The van der Waals surface area contributed by atoms with Crippen molar-refractivity contribution >= 4 is 0 Å². The number of aryl methyl sites for hydroxylation is 2. The highest BCUT2D eigenvalue weighted by atomic mass is 16.5. The second-order valence-corrected chi connectivity index (χ2v) is 5.18. The van der Waals surface area contributed by atoms with Crippen LogP contribution in [-0.4, -0.2) is 11.7 Å². The van der Waals surface area contributed by atoms with Crippen molar-refractivity contribution in [2.45, 2.75) is 33.3 Å². The standard InChI is InChI=1S/C18H22O2/c1-4-10-20-16-7-5-6-15(12-16)18(19)17-11-13(2)8-9-14(17)3/h5-9,11-12,18-19H,4,10H2,1-3H3. The first kappa shape index (κ1) is 14.6. The second kappa shape index (κ2) is 6.58. The van der Waals surface area contributed by atoms with Gasteiger partial charge in [0, 0.05) is 0 Å². The average molecular weight is 270 g/mol. The lowest BCUT2D eigenvalue weighted by Crippen LogP contribution is -2.03. The van der Waals surface area contributed by atoms with E-state index in [0.717, 1.165) is 34.4 Å². The van der Waals surface area contributed by atoms with E-state index in [2.05, 4.69) is 13.0 Å². The molecule has 2 rings (SSSR count). The predicted molar refractivity (Wildman–Crippen MR) is 82.2 cm³/mol. The van der Waals surface area contributed by atoms with Crippen molar-refractivity contribution in [1.29, 1.82) is 0 Å². The van der Waals surface area contributed by atoms with Crippen molar-refractivity contribution < 1.29 is 9.84 Å². The molecule has 2 nitrogen and oxygen atoms in total. The number of ether oxygens (including phenoxy) is 1. The Morgan fingerprint density at radius 2 is 1.90 bits per heavy atom. The monoisotopic (exact) mass is 270 g/mol. The van der Waals surface area contributed by atoms with Crippen LogP contribution in [0.4, 0.5) is 0 Å². The van der Waals surface area contributed by atoms with E-state index in [9.17, 15) is 5.11 Å². The summed E-state index contributed by atoms with van der Waals surface area (Å²) in [4.78, 5) is 0. The Morgan fingerprint density at radius 3 is 2.65 bits per heavy atom. The molecule has 1 N–H and O–H groups in total. The quantitative estimate of drug-likeness (QED) is 0.883. The molecule has 2 heteroatoms. The minimum Gasteiger partial charge on any atom is -0.494 e. The van der Waals surface area contributed by atoms with Gasteiger partial charge in [-0.3, -0.25) is 0 Å². The second-order valence-electron chi connectivity index (χ2n) is 5.18. The van der Waals surface area contributed by atoms with Crippen LogP contribution in [0.3, 0.4) is 0 Å². The van der Waals surface area contributed by atoms with Crippen LogP contribution in [0.25, 0.3) is 0 Å². The number of rotatable bonds is 5. The van der Waals surface area contributed by atoms with Crippen molar-refractivity contribution in [2.75, 3.05) is 6.61 Å². The molecule has 1 unspecified atom stereocenters. The molecule has 20 heavy (non-hydrogen) atoms. The zero-order chi connectivity index (χ0) is 14.5. The van der Waals surface area contributed by atoms with Crippen molar-refractivity contribution in [3.8, 4) is 5.75 Å². The molecule has 2 aromatic carbocycles. The summed E-state index contributed by atoms with van der Waals surface area (Å²) in [5, 5.41) is 10.6. The Balaban J connectivity index is 2.28. The van der Waals surface area contributed by atoms with Crippen LogP contribution in [0, 0.1) is 13.8 Å². The molecule has 0 aromatic heterocycles. The summed E-state index contributed by atoms with van der Waals surface area (Å²) < 4.78 is 5.62. The fraction of sp³-hybridized carbons (Fsp3) is 0.333. The van der Waals surface area contributed by atoms with E-state index in [1.54, 1.807) is 0 Å². The highest BCUT2D eigenvalue weighted by Crippen LogP contribution is 2.28. The summed E-state index contributed by atoms with van der Waals surface area (Å²) >= 11 is 0. The summed E-state index contributed by atoms with van der Waals surface area (Å²) in [6, 6.07) is 13.9. The molecule has 106 valence electrons. The van der Waals surface area contributed by atoms with Crippen LogP contribution in [0.1, 0.15) is 41.7 Å². The lowest BCUT2D eigenvalue weighted by atomic mass is 9.96. The third-order valence-corrected chi connectivity index (χ3v) is 3.38. The summed E-state index contributed by atoms with van der Waals surface area (Å²) in [6.45, 7) is 6.84. The molecule has 0 aliphatic heterocycles. The maximum Gasteiger partial charge on any atom is 0.119 e. The third-order valence-electron chi connectivity index (χ3n) is 3.38. The normalized spacial score (nSPS) is 12.2. The Labute approximate surface area is 121 Å². The van der Waals surface area contributed by atoms with E-state index in [1.807, 2.05) is 50.2 Å². The lowest BCUT2D eigenvalue weighted by Gasteiger charge is -2.16. The van der Waals surface area contributed by atoms with E-state index in [-0.39, 0.29) is 0 Å². The Kier molecular flexibility index (Phi) is 4.80. The van der Waals surface area contributed by atoms with Crippen LogP contribution < -0.4 is 4.74 Å². The molecule has 0 amide bonds. The third kappa shape index (κ3) is 3.40. The van der Waals surface area contributed by atoms with Gasteiger partial charge in [0.05, 0.1) is 6.61 Å². The number of hydrogen-bond donors (Lipinski definition) is 1. The van der Waals surface area contributed by atoms with Gasteiger partial charge in [-0.25, -0.2) is 0 Å². The molecular weight excluding hydrogens is 248 g/mol. The fourth-order valence-electron chi connectivity index (χ4n) is 2.23. The predicted octanol–water partition coefficient (Wildman–Crippen LogP) is 4.17. The topological polar surface area (TPSA) is 29.5 Å². The average Bonchev–Trinajstić information content (AvgIpc) is 2.47. The molecule has 0 bridgehead atoms. The van der Waals surface area contributed by atoms with Crippen molar-refractivity contribution in [3.05, 3.63) is 64.7 Å². The maximum absolute atomic E-state index is 10.6. The molecule has 1 atom stereocenters. The molecule has 0 spiro atoms. The van der Waals surface area contributed by atoms with E-state index in [1.165, 1.54) is 0 Å². The van der Waals surface area contributed by atoms with Gasteiger partial charge >= 0.3 is 0 Å². The maximum atomic E-state index is 10.6. The van der Waals surface area contributed by atoms with Gasteiger partial charge in [-0.15, -0.1) is 0 Å². The number of aliphatic hydroxyl groups excluding tert-OH is 1. The van der Waals surface area contributed by atoms with Crippen LogP contribution >= 0.6 is 0 Å². The minimum atomic E-state index is -0.611. The molecule has 0 saturated carbocycles. The zero-order valence-electron chi connectivity index (χ0n) is 12.4. The highest BCUT2D eigenvalue weighted by Gasteiger charge is 2.13. The molecule has 0 aliphatic rings. The van der Waals surface area contributed by atoms with Crippen molar-refractivity contribution in [1.82, 2.24) is 0 Å². The first-order chi connectivity index (χ1) is 9.61. The molecule has 0 aliphatic carbocycles. The van der Waals surface area contributed by atoms with Crippen molar-refractivity contribution in [3.63, 3.8) is 0 Å². The van der Waals surface area contributed by atoms with Gasteiger partial charge < -0.3 is 9.84 Å².